The number of carbonyl (C=O) groups is 2. The van der Waals surface area contributed by atoms with E-state index in [0.717, 1.165) is 18.6 Å². The molecule has 0 aromatic heterocycles. The highest BCUT2D eigenvalue weighted by Gasteiger charge is 2.12. The number of urea groups is 2. The van der Waals surface area contributed by atoms with Crippen LogP contribution in [0.4, 0.5) is 9.59 Å². The zero-order chi connectivity index (χ0) is 15.5. The lowest BCUT2D eigenvalue weighted by Crippen LogP contribution is -2.40. The number of carbonyl (C=O) groups excluding carboxylic acids is 2. The molecule has 0 atom stereocenters. The van der Waals surface area contributed by atoms with Crippen LogP contribution < -0.4 is 10.0 Å². The van der Waals surface area contributed by atoms with Crippen molar-refractivity contribution in [3.8, 4) is 0 Å². The van der Waals surface area contributed by atoms with Gasteiger partial charge in [-0.05, 0) is 32.2 Å². The van der Waals surface area contributed by atoms with Crippen LogP contribution in [0.25, 0.3) is 0 Å². The van der Waals surface area contributed by atoms with Gasteiger partial charge < -0.3 is 9.64 Å². The lowest BCUT2D eigenvalue weighted by molar-refractivity contribution is 0.206. The van der Waals surface area contributed by atoms with Gasteiger partial charge in [-0.3, -0.25) is 10.0 Å². The van der Waals surface area contributed by atoms with E-state index >= 15 is 0 Å². The van der Waals surface area contributed by atoms with Crippen molar-refractivity contribution in [3.05, 3.63) is 0 Å². The van der Waals surface area contributed by atoms with Crippen LogP contribution in [0.2, 0.25) is 0 Å². The average molecular weight is 304 g/mol. The highest BCUT2D eigenvalue weighted by atomic mass is 32.2. The van der Waals surface area contributed by atoms with Crippen molar-refractivity contribution < 1.29 is 14.3 Å². The fourth-order valence-corrected chi connectivity index (χ4v) is 1.67. The van der Waals surface area contributed by atoms with Gasteiger partial charge in [0.25, 0.3) is 0 Å². The molecule has 116 valence electrons. The van der Waals surface area contributed by atoms with Crippen LogP contribution in [0, 0.1) is 0 Å². The third-order valence-corrected chi connectivity index (χ3v) is 2.73. The van der Waals surface area contributed by atoms with Gasteiger partial charge in [0.1, 0.15) is 0 Å². The maximum Gasteiger partial charge on any atom is 0.347 e. The largest absolute Gasteiger partial charge is 0.462 e. The third kappa shape index (κ3) is 9.48. The molecule has 4 amide bonds. The molecule has 0 rings (SSSR count). The Morgan fingerprint density at radius 2 is 2.00 bits per heavy atom. The predicted molar refractivity (Wildman–Crippen MR) is 81.8 cm³/mol. The first kappa shape index (κ1) is 18.6. The molecule has 2 N–H and O–H groups in total. The van der Waals surface area contributed by atoms with E-state index in [-0.39, 0.29) is 12.1 Å². The fraction of sp³-hybridized carbons (Fsp3) is 0.750. The van der Waals surface area contributed by atoms with Crippen molar-refractivity contribution in [1.29, 1.82) is 0 Å². The molecule has 20 heavy (non-hydrogen) atoms. The molecule has 0 fully saturated rings. The summed E-state index contributed by atoms with van der Waals surface area (Å²) >= 11 is 1.30. The quantitative estimate of drug-likeness (QED) is 0.353. The fourth-order valence-electron chi connectivity index (χ4n) is 0.950. The molecule has 0 aliphatic heterocycles. The van der Waals surface area contributed by atoms with Crippen LogP contribution in [0.3, 0.4) is 0 Å². The van der Waals surface area contributed by atoms with E-state index in [1.807, 2.05) is 0 Å². The molecular formula is C12H24N4O3S. The SMILES string of the molecule is CCCCSNC(=O)NC(=NC(=O)N(C)C)OC(C)C. The summed E-state index contributed by atoms with van der Waals surface area (Å²) in [5, 5.41) is 2.42. The van der Waals surface area contributed by atoms with Gasteiger partial charge in [0.15, 0.2) is 0 Å². The number of rotatable bonds is 5. The van der Waals surface area contributed by atoms with Crippen molar-refractivity contribution in [2.75, 3.05) is 19.8 Å². The third-order valence-electron chi connectivity index (χ3n) is 1.91. The summed E-state index contributed by atoms with van der Waals surface area (Å²) in [5.41, 5.74) is 0. The summed E-state index contributed by atoms with van der Waals surface area (Å²) in [6.07, 6.45) is 1.89. The Morgan fingerprint density at radius 1 is 1.35 bits per heavy atom. The number of amidine groups is 1. The van der Waals surface area contributed by atoms with E-state index in [0.29, 0.717) is 0 Å². The molecule has 0 heterocycles. The summed E-state index contributed by atoms with van der Waals surface area (Å²) in [4.78, 5) is 28.1. The number of nitrogens with one attached hydrogen (secondary N) is 2. The second kappa shape index (κ2) is 10.4. The molecule has 0 bridgehead atoms. The number of nitrogens with zero attached hydrogens (tertiary/aromatic N) is 2. The van der Waals surface area contributed by atoms with Gasteiger partial charge in [-0.1, -0.05) is 13.3 Å². The normalized spacial score (nSPS) is 11.2. The van der Waals surface area contributed by atoms with Crippen LogP contribution in [0.1, 0.15) is 33.6 Å². The summed E-state index contributed by atoms with van der Waals surface area (Å²) in [5.74, 6) is 0.831. The van der Waals surface area contributed by atoms with Crippen LogP contribution in [0.15, 0.2) is 4.99 Å². The van der Waals surface area contributed by atoms with E-state index in [1.54, 1.807) is 27.9 Å². The van der Waals surface area contributed by atoms with Crippen molar-refractivity contribution in [2.24, 2.45) is 4.99 Å². The predicted octanol–water partition coefficient (Wildman–Crippen LogP) is 2.20. The van der Waals surface area contributed by atoms with E-state index in [4.69, 9.17) is 4.74 Å². The molecule has 0 unspecified atom stereocenters. The zero-order valence-electron chi connectivity index (χ0n) is 12.7. The standard InChI is InChI=1S/C12H24N4O3S/c1-6-7-8-20-15-10(17)13-11(19-9(2)3)14-12(18)16(4)5/h9H,6-8H2,1-5H3,(H2,13,14,15,17,18). The monoisotopic (exact) mass is 304 g/mol. The first-order valence-corrected chi connectivity index (χ1v) is 7.50. The van der Waals surface area contributed by atoms with E-state index in [9.17, 15) is 9.59 Å². The zero-order valence-corrected chi connectivity index (χ0v) is 13.5. The number of hydrogen-bond acceptors (Lipinski definition) is 4. The van der Waals surface area contributed by atoms with E-state index in [2.05, 4.69) is 22.0 Å². The molecule has 0 radical (unpaired) electrons. The molecule has 0 spiro atoms. The number of hydrogen-bond donors (Lipinski definition) is 2. The van der Waals surface area contributed by atoms with Crippen molar-refractivity contribution >= 4 is 30.0 Å². The Bertz CT molecular complexity index is 346. The van der Waals surface area contributed by atoms with Crippen LogP contribution in [-0.4, -0.2) is 48.9 Å². The number of aliphatic imine (C=N–C) groups is 1. The van der Waals surface area contributed by atoms with E-state index < -0.39 is 12.1 Å². The van der Waals surface area contributed by atoms with Gasteiger partial charge in [-0.25, -0.2) is 9.59 Å². The Labute approximate surface area is 124 Å². The highest BCUT2D eigenvalue weighted by molar-refractivity contribution is 7.97. The molecule has 0 aliphatic carbocycles. The lowest BCUT2D eigenvalue weighted by atomic mass is 10.4. The maximum atomic E-state index is 11.6. The molecular weight excluding hydrogens is 280 g/mol. The molecule has 0 aromatic rings. The molecule has 0 saturated carbocycles. The summed E-state index contributed by atoms with van der Waals surface area (Å²) in [6.45, 7) is 5.64. The van der Waals surface area contributed by atoms with Crippen LogP contribution in [-0.2, 0) is 4.74 Å². The molecule has 7 nitrogen and oxygen atoms in total. The van der Waals surface area contributed by atoms with Gasteiger partial charge in [0.2, 0.25) is 0 Å². The van der Waals surface area contributed by atoms with Crippen molar-refractivity contribution in [3.63, 3.8) is 0 Å². The first-order chi connectivity index (χ1) is 9.36. The Hall–Kier alpha value is -1.44. The summed E-state index contributed by atoms with van der Waals surface area (Å²) < 4.78 is 7.90. The highest BCUT2D eigenvalue weighted by Crippen LogP contribution is 1.99. The van der Waals surface area contributed by atoms with Gasteiger partial charge >= 0.3 is 18.1 Å². The summed E-state index contributed by atoms with van der Waals surface area (Å²) in [6, 6.07) is -1.07. The van der Waals surface area contributed by atoms with Crippen molar-refractivity contribution in [2.45, 2.75) is 39.7 Å². The minimum absolute atomic E-state index is 0.104. The Kier molecular flexibility index (Phi) is 9.61. The topological polar surface area (TPSA) is 83.0 Å². The summed E-state index contributed by atoms with van der Waals surface area (Å²) in [7, 11) is 3.14. The van der Waals surface area contributed by atoms with Crippen LogP contribution in [0.5, 0.6) is 0 Å². The number of unbranched alkanes of at least 4 members (excludes halogenated alkanes) is 1. The van der Waals surface area contributed by atoms with Gasteiger partial charge in [-0.2, -0.15) is 0 Å². The van der Waals surface area contributed by atoms with Crippen LogP contribution >= 0.6 is 11.9 Å². The molecule has 0 saturated heterocycles. The molecule has 8 heteroatoms. The second-order valence-electron chi connectivity index (χ2n) is 4.52. The minimum atomic E-state index is -0.500. The first-order valence-electron chi connectivity index (χ1n) is 6.52. The number of ether oxygens (including phenoxy) is 1. The average Bonchev–Trinajstić information content (AvgIpc) is 2.33. The molecule has 0 aliphatic rings. The Morgan fingerprint density at radius 3 is 2.50 bits per heavy atom. The van der Waals surface area contributed by atoms with Crippen molar-refractivity contribution in [1.82, 2.24) is 14.9 Å². The number of amides is 4. The maximum absolute atomic E-state index is 11.6. The molecule has 0 aromatic carbocycles. The van der Waals surface area contributed by atoms with Gasteiger partial charge in [-0.15, -0.1) is 4.99 Å². The smallest absolute Gasteiger partial charge is 0.347 e. The lowest BCUT2D eigenvalue weighted by Gasteiger charge is -2.14. The van der Waals surface area contributed by atoms with E-state index in [1.165, 1.54) is 16.8 Å². The minimum Gasteiger partial charge on any atom is -0.462 e. The van der Waals surface area contributed by atoms with Gasteiger partial charge in [0.05, 0.1) is 6.10 Å². The Balaban J connectivity index is 4.42. The second-order valence-corrected chi connectivity index (χ2v) is 5.42. The van der Waals surface area contributed by atoms with Gasteiger partial charge in [0, 0.05) is 19.8 Å².